The Bertz CT molecular complexity index is 1150. The van der Waals surface area contributed by atoms with Crippen molar-refractivity contribution in [1.29, 1.82) is 5.26 Å². The second-order valence-corrected chi connectivity index (χ2v) is 7.09. The number of pyridine rings is 2. The first-order chi connectivity index (χ1) is 14.6. The van der Waals surface area contributed by atoms with Gasteiger partial charge in [0, 0.05) is 25.0 Å². The number of benzene rings is 1. The third-order valence-corrected chi connectivity index (χ3v) is 5.17. The quantitative estimate of drug-likeness (QED) is 0.687. The Morgan fingerprint density at radius 2 is 2.10 bits per heavy atom. The molecule has 1 amide bonds. The highest BCUT2D eigenvalue weighted by Gasteiger charge is 2.18. The molecule has 0 atom stereocenters. The molecule has 4 rings (SSSR count). The minimum absolute atomic E-state index is 0.0466. The lowest BCUT2D eigenvalue weighted by molar-refractivity contribution is 0.0943. The molecule has 3 heterocycles. The van der Waals surface area contributed by atoms with Crippen LogP contribution in [0.4, 0.5) is 5.82 Å². The van der Waals surface area contributed by atoms with Crippen LogP contribution >= 0.6 is 0 Å². The van der Waals surface area contributed by atoms with Crippen LogP contribution < -0.4 is 10.2 Å². The van der Waals surface area contributed by atoms with E-state index in [0.717, 1.165) is 30.0 Å². The van der Waals surface area contributed by atoms with Gasteiger partial charge in [-0.05, 0) is 42.3 Å². The van der Waals surface area contributed by atoms with Gasteiger partial charge in [-0.15, -0.1) is 0 Å². The van der Waals surface area contributed by atoms with Gasteiger partial charge in [-0.2, -0.15) is 5.26 Å². The SMILES string of the molecule is Cc1cc(C#N)ccc1CNC(=O)c1ncc2nc(N3CCOCC3)ccc2c1O. The van der Waals surface area contributed by atoms with E-state index in [1.807, 2.05) is 13.0 Å². The number of aryl methyl sites for hydroxylation is 1. The van der Waals surface area contributed by atoms with Crippen LogP contribution in [0.15, 0.2) is 36.5 Å². The number of nitrogens with zero attached hydrogens (tertiary/aromatic N) is 4. The zero-order valence-electron chi connectivity index (χ0n) is 16.6. The molecule has 1 saturated heterocycles. The van der Waals surface area contributed by atoms with Gasteiger partial charge in [-0.25, -0.2) is 9.97 Å². The number of carbonyl (C=O) groups excluding carboxylic acids is 1. The fourth-order valence-electron chi connectivity index (χ4n) is 3.43. The second-order valence-electron chi connectivity index (χ2n) is 7.09. The fraction of sp³-hybridized carbons (Fsp3) is 0.273. The highest BCUT2D eigenvalue weighted by atomic mass is 16.5. The standard InChI is InChI=1S/C22H21N5O3/c1-14-10-15(11-23)2-3-16(14)12-25-22(29)20-21(28)17-4-5-19(26-18(17)13-24-20)27-6-8-30-9-7-27/h2-5,10,13,28H,6-9,12H2,1H3,(H,25,29). The summed E-state index contributed by atoms with van der Waals surface area (Å²) in [6.45, 7) is 4.97. The molecule has 0 unspecified atom stereocenters. The van der Waals surface area contributed by atoms with Crippen molar-refractivity contribution in [3.05, 3.63) is 58.9 Å². The van der Waals surface area contributed by atoms with Gasteiger partial charge in [0.05, 0.1) is 36.6 Å². The molecule has 2 N–H and O–H groups in total. The lowest BCUT2D eigenvalue weighted by Gasteiger charge is -2.27. The van der Waals surface area contributed by atoms with E-state index in [1.54, 1.807) is 24.3 Å². The Balaban J connectivity index is 1.53. The van der Waals surface area contributed by atoms with Gasteiger partial charge < -0.3 is 20.1 Å². The molecule has 0 bridgehead atoms. The van der Waals surface area contributed by atoms with Crippen LogP contribution in [-0.4, -0.2) is 47.3 Å². The molecule has 1 fully saturated rings. The molecule has 30 heavy (non-hydrogen) atoms. The largest absolute Gasteiger partial charge is 0.505 e. The maximum Gasteiger partial charge on any atom is 0.274 e. The lowest BCUT2D eigenvalue weighted by atomic mass is 10.1. The van der Waals surface area contributed by atoms with Crippen molar-refractivity contribution >= 4 is 22.6 Å². The smallest absolute Gasteiger partial charge is 0.274 e. The Kier molecular flexibility index (Phi) is 5.46. The molecule has 0 aliphatic carbocycles. The summed E-state index contributed by atoms with van der Waals surface area (Å²) < 4.78 is 5.36. The number of amides is 1. The Morgan fingerprint density at radius 3 is 2.83 bits per heavy atom. The van der Waals surface area contributed by atoms with Gasteiger partial charge in [0.2, 0.25) is 0 Å². The highest BCUT2D eigenvalue weighted by molar-refractivity contribution is 6.00. The van der Waals surface area contributed by atoms with E-state index < -0.39 is 5.91 Å². The Labute approximate surface area is 173 Å². The van der Waals surface area contributed by atoms with Gasteiger partial charge in [0.25, 0.3) is 5.91 Å². The van der Waals surface area contributed by atoms with Crippen LogP contribution in [0.25, 0.3) is 10.9 Å². The van der Waals surface area contributed by atoms with Crippen molar-refractivity contribution in [2.24, 2.45) is 0 Å². The number of rotatable bonds is 4. The number of nitrogens with one attached hydrogen (secondary N) is 1. The molecule has 1 aromatic carbocycles. The molecule has 0 saturated carbocycles. The maximum absolute atomic E-state index is 12.6. The minimum Gasteiger partial charge on any atom is -0.505 e. The van der Waals surface area contributed by atoms with Crippen molar-refractivity contribution in [2.75, 3.05) is 31.2 Å². The topological polar surface area (TPSA) is 111 Å². The van der Waals surface area contributed by atoms with Gasteiger partial charge in [-0.3, -0.25) is 4.79 Å². The summed E-state index contributed by atoms with van der Waals surface area (Å²) in [5.41, 5.74) is 2.84. The Hall–Kier alpha value is -3.70. The van der Waals surface area contributed by atoms with E-state index in [-0.39, 0.29) is 18.0 Å². The molecule has 152 valence electrons. The summed E-state index contributed by atoms with van der Waals surface area (Å²) in [5.74, 6) is 0.124. The van der Waals surface area contributed by atoms with Gasteiger partial charge in [-0.1, -0.05) is 6.07 Å². The van der Waals surface area contributed by atoms with Gasteiger partial charge in [0.1, 0.15) is 5.82 Å². The molecule has 3 aromatic rings. The average Bonchev–Trinajstić information content (AvgIpc) is 2.78. The zero-order valence-corrected chi connectivity index (χ0v) is 16.6. The second kappa shape index (κ2) is 8.35. The number of nitriles is 1. The molecular formula is C22H21N5O3. The minimum atomic E-state index is -0.476. The number of ether oxygens (including phenoxy) is 1. The number of fused-ring (bicyclic) bond motifs is 1. The molecule has 2 aromatic heterocycles. The van der Waals surface area contributed by atoms with Crippen LogP contribution in [-0.2, 0) is 11.3 Å². The van der Waals surface area contributed by atoms with Gasteiger partial charge in [0.15, 0.2) is 11.4 Å². The first-order valence-electron chi connectivity index (χ1n) is 9.66. The summed E-state index contributed by atoms with van der Waals surface area (Å²) in [4.78, 5) is 23.4. The number of carbonyl (C=O) groups is 1. The monoisotopic (exact) mass is 403 g/mol. The predicted octanol–water partition coefficient (Wildman–Crippen LogP) is 2.28. The third kappa shape index (κ3) is 3.88. The van der Waals surface area contributed by atoms with E-state index >= 15 is 0 Å². The van der Waals surface area contributed by atoms with Crippen LogP contribution in [0.5, 0.6) is 5.75 Å². The molecule has 1 aliphatic rings. The number of hydrogen-bond acceptors (Lipinski definition) is 7. The predicted molar refractivity (Wildman–Crippen MR) is 111 cm³/mol. The molecule has 0 spiro atoms. The van der Waals surface area contributed by atoms with Crippen LogP contribution in [0.2, 0.25) is 0 Å². The fourth-order valence-corrected chi connectivity index (χ4v) is 3.43. The number of aromatic nitrogens is 2. The number of hydrogen-bond donors (Lipinski definition) is 2. The van der Waals surface area contributed by atoms with E-state index in [1.165, 1.54) is 6.20 Å². The van der Waals surface area contributed by atoms with Crippen molar-refractivity contribution < 1.29 is 14.6 Å². The lowest BCUT2D eigenvalue weighted by Crippen LogP contribution is -2.36. The summed E-state index contributed by atoms with van der Waals surface area (Å²) in [5, 5.41) is 22.8. The number of anilines is 1. The van der Waals surface area contributed by atoms with Crippen molar-refractivity contribution in [3.63, 3.8) is 0 Å². The van der Waals surface area contributed by atoms with E-state index in [9.17, 15) is 9.90 Å². The summed E-state index contributed by atoms with van der Waals surface area (Å²) >= 11 is 0. The summed E-state index contributed by atoms with van der Waals surface area (Å²) in [6, 6.07) is 11.0. The zero-order chi connectivity index (χ0) is 21.1. The van der Waals surface area contributed by atoms with Crippen LogP contribution in [0, 0.1) is 18.3 Å². The third-order valence-electron chi connectivity index (χ3n) is 5.17. The first kappa shape index (κ1) is 19.6. The molecule has 8 nitrogen and oxygen atoms in total. The van der Waals surface area contributed by atoms with Crippen molar-refractivity contribution in [2.45, 2.75) is 13.5 Å². The normalized spacial score (nSPS) is 13.8. The van der Waals surface area contributed by atoms with Crippen LogP contribution in [0.1, 0.15) is 27.2 Å². The molecule has 0 radical (unpaired) electrons. The average molecular weight is 403 g/mol. The summed E-state index contributed by atoms with van der Waals surface area (Å²) in [6.07, 6.45) is 1.50. The molecule has 8 heteroatoms. The van der Waals surface area contributed by atoms with Crippen molar-refractivity contribution in [1.82, 2.24) is 15.3 Å². The van der Waals surface area contributed by atoms with E-state index in [0.29, 0.717) is 29.7 Å². The van der Waals surface area contributed by atoms with E-state index in [4.69, 9.17) is 10.00 Å². The molecular weight excluding hydrogens is 382 g/mol. The first-order valence-corrected chi connectivity index (χ1v) is 9.66. The highest BCUT2D eigenvalue weighted by Crippen LogP contribution is 2.28. The summed E-state index contributed by atoms with van der Waals surface area (Å²) in [7, 11) is 0. The van der Waals surface area contributed by atoms with Crippen LogP contribution in [0.3, 0.4) is 0 Å². The number of aromatic hydroxyl groups is 1. The maximum atomic E-state index is 12.6. The van der Waals surface area contributed by atoms with Crippen molar-refractivity contribution in [3.8, 4) is 11.8 Å². The Morgan fingerprint density at radius 1 is 1.30 bits per heavy atom. The number of morpholine rings is 1. The molecule has 1 aliphatic heterocycles. The van der Waals surface area contributed by atoms with Gasteiger partial charge >= 0.3 is 0 Å². The van der Waals surface area contributed by atoms with E-state index in [2.05, 4.69) is 26.3 Å².